The summed E-state index contributed by atoms with van der Waals surface area (Å²) in [5.41, 5.74) is 1.23. The molecular weight excluding hydrogens is 278 g/mol. The van der Waals surface area contributed by atoms with Gasteiger partial charge in [0.05, 0.1) is 13.7 Å². The second-order valence-corrected chi connectivity index (χ2v) is 4.78. The lowest BCUT2D eigenvalue weighted by Gasteiger charge is -2.09. The first-order valence-corrected chi connectivity index (χ1v) is 7.51. The van der Waals surface area contributed by atoms with Crippen molar-refractivity contribution in [2.45, 2.75) is 13.5 Å². The fourth-order valence-electron chi connectivity index (χ4n) is 2.02. The SMILES string of the molecule is CCOc1ccc(CNCCOc2ccc(OC)cc2)cc1. The van der Waals surface area contributed by atoms with Gasteiger partial charge in [0.2, 0.25) is 0 Å². The third-order valence-electron chi connectivity index (χ3n) is 3.17. The van der Waals surface area contributed by atoms with Crippen molar-refractivity contribution in [1.29, 1.82) is 0 Å². The molecule has 0 aliphatic rings. The molecule has 0 fully saturated rings. The lowest BCUT2D eigenvalue weighted by atomic mass is 10.2. The van der Waals surface area contributed by atoms with Gasteiger partial charge in [-0.1, -0.05) is 12.1 Å². The summed E-state index contributed by atoms with van der Waals surface area (Å²) in [7, 11) is 1.65. The molecule has 1 N–H and O–H groups in total. The van der Waals surface area contributed by atoms with Crippen LogP contribution in [0.5, 0.6) is 17.2 Å². The first kappa shape index (κ1) is 16.2. The Bertz CT molecular complexity index is 537. The van der Waals surface area contributed by atoms with Crippen LogP contribution in [0.4, 0.5) is 0 Å². The molecule has 0 amide bonds. The molecule has 0 saturated carbocycles. The van der Waals surface area contributed by atoms with Crippen molar-refractivity contribution in [3.63, 3.8) is 0 Å². The summed E-state index contributed by atoms with van der Waals surface area (Å²) in [5, 5.41) is 3.36. The van der Waals surface area contributed by atoms with E-state index in [9.17, 15) is 0 Å². The summed E-state index contributed by atoms with van der Waals surface area (Å²) in [6.45, 7) is 4.92. The van der Waals surface area contributed by atoms with Gasteiger partial charge < -0.3 is 19.5 Å². The Balaban J connectivity index is 1.64. The van der Waals surface area contributed by atoms with E-state index in [-0.39, 0.29) is 0 Å². The first-order chi connectivity index (χ1) is 10.8. The highest BCUT2D eigenvalue weighted by Gasteiger charge is 1.97. The van der Waals surface area contributed by atoms with E-state index in [2.05, 4.69) is 17.4 Å². The predicted octanol–water partition coefficient (Wildman–Crippen LogP) is 3.26. The monoisotopic (exact) mass is 301 g/mol. The van der Waals surface area contributed by atoms with Gasteiger partial charge in [0.1, 0.15) is 23.9 Å². The third-order valence-corrected chi connectivity index (χ3v) is 3.17. The van der Waals surface area contributed by atoms with Crippen LogP contribution in [0.25, 0.3) is 0 Å². The van der Waals surface area contributed by atoms with E-state index < -0.39 is 0 Å². The minimum absolute atomic E-state index is 0.628. The zero-order valence-electron chi connectivity index (χ0n) is 13.2. The predicted molar refractivity (Wildman–Crippen MR) is 87.8 cm³/mol. The van der Waals surface area contributed by atoms with Crippen molar-refractivity contribution in [3.8, 4) is 17.2 Å². The molecule has 4 heteroatoms. The van der Waals surface area contributed by atoms with Gasteiger partial charge in [0.15, 0.2) is 0 Å². The lowest BCUT2D eigenvalue weighted by molar-refractivity contribution is 0.313. The Kier molecular flexibility index (Phi) is 6.58. The van der Waals surface area contributed by atoms with Gasteiger partial charge in [0.25, 0.3) is 0 Å². The normalized spacial score (nSPS) is 10.3. The molecule has 2 rings (SSSR count). The van der Waals surface area contributed by atoms with E-state index in [1.54, 1.807) is 7.11 Å². The molecule has 0 unspecified atom stereocenters. The van der Waals surface area contributed by atoms with Crippen LogP contribution < -0.4 is 19.5 Å². The maximum atomic E-state index is 5.66. The van der Waals surface area contributed by atoms with Gasteiger partial charge in [-0.3, -0.25) is 0 Å². The summed E-state index contributed by atoms with van der Waals surface area (Å²) in [6, 6.07) is 15.7. The molecule has 0 saturated heterocycles. The van der Waals surface area contributed by atoms with Crippen LogP contribution in [-0.2, 0) is 6.54 Å². The Morgan fingerprint density at radius 3 is 2.05 bits per heavy atom. The van der Waals surface area contributed by atoms with Crippen LogP contribution >= 0.6 is 0 Å². The molecule has 22 heavy (non-hydrogen) atoms. The summed E-state index contributed by atoms with van der Waals surface area (Å²) >= 11 is 0. The second kappa shape index (κ2) is 8.95. The zero-order valence-corrected chi connectivity index (χ0v) is 13.2. The molecule has 2 aromatic rings. The fourth-order valence-corrected chi connectivity index (χ4v) is 2.02. The molecule has 0 aliphatic carbocycles. The van der Waals surface area contributed by atoms with E-state index in [1.807, 2.05) is 43.3 Å². The summed E-state index contributed by atoms with van der Waals surface area (Å²) in [6.07, 6.45) is 0. The lowest BCUT2D eigenvalue weighted by Crippen LogP contribution is -2.20. The van der Waals surface area contributed by atoms with E-state index >= 15 is 0 Å². The third kappa shape index (κ3) is 5.30. The van der Waals surface area contributed by atoms with Crippen molar-refractivity contribution < 1.29 is 14.2 Å². The van der Waals surface area contributed by atoms with Gasteiger partial charge in [-0.2, -0.15) is 0 Å². The fraction of sp³-hybridized carbons (Fsp3) is 0.333. The number of rotatable bonds is 9. The van der Waals surface area contributed by atoms with Crippen molar-refractivity contribution in [2.75, 3.05) is 26.9 Å². The van der Waals surface area contributed by atoms with Crippen LogP contribution in [0.1, 0.15) is 12.5 Å². The van der Waals surface area contributed by atoms with E-state index in [1.165, 1.54) is 5.56 Å². The van der Waals surface area contributed by atoms with E-state index in [0.717, 1.165) is 30.3 Å². The number of benzene rings is 2. The minimum atomic E-state index is 0.628. The van der Waals surface area contributed by atoms with E-state index in [4.69, 9.17) is 14.2 Å². The number of methoxy groups -OCH3 is 1. The van der Waals surface area contributed by atoms with Gasteiger partial charge in [-0.05, 0) is 48.9 Å². The summed E-state index contributed by atoms with van der Waals surface area (Å²) in [4.78, 5) is 0. The van der Waals surface area contributed by atoms with Crippen molar-refractivity contribution >= 4 is 0 Å². The average molecular weight is 301 g/mol. The molecule has 0 bridgehead atoms. The minimum Gasteiger partial charge on any atom is -0.497 e. The average Bonchev–Trinajstić information content (AvgIpc) is 2.57. The van der Waals surface area contributed by atoms with Crippen LogP contribution in [0.3, 0.4) is 0 Å². The summed E-state index contributed by atoms with van der Waals surface area (Å²) < 4.78 is 16.2. The quantitative estimate of drug-likeness (QED) is 0.722. The Hall–Kier alpha value is -2.20. The molecule has 0 spiro atoms. The smallest absolute Gasteiger partial charge is 0.119 e. The van der Waals surface area contributed by atoms with Gasteiger partial charge >= 0.3 is 0 Å². The molecule has 0 aromatic heterocycles. The van der Waals surface area contributed by atoms with Gasteiger partial charge in [-0.15, -0.1) is 0 Å². The van der Waals surface area contributed by atoms with Crippen molar-refractivity contribution in [2.24, 2.45) is 0 Å². The summed E-state index contributed by atoms with van der Waals surface area (Å²) in [5.74, 6) is 2.60. The topological polar surface area (TPSA) is 39.7 Å². The number of hydrogen-bond donors (Lipinski definition) is 1. The Morgan fingerprint density at radius 2 is 1.41 bits per heavy atom. The van der Waals surface area contributed by atoms with Gasteiger partial charge in [-0.25, -0.2) is 0 Å². The first-order valence-electron chi connectivity index (χ1n) is 7.51. The molecule has 0 heterocycles. The van der Waals surface area contributed by atoms with Crippen molar-refractivity contribution in [3.05, 3.63) is 54.1 Å². The van der Waals surface area contributed by atoms with E-state index in [0.29, 0.717) is 13.2 Å². The Labute approximate surface area is 132 Å². The molecule has 0 radical (unpaired) electrons. The Morgan fingerprint density at radius 1 is 0.818 bits per heavy atom. The zero-order chi connectivity index (χ0) is 15.6. The highest BCUT2D eigenvalue weighted by atomic mass is 16.5. The molecule has 0 atom stereocenters. The molecular formula is C18H23NO3. The van der Waals surface area contributed by atoms with Crippen LogP contribution in [0.2, 0.25) is 0 Å². The molecule has 4 nitrogen and oxygen atoms in total. The van der Waals surface area contributed by atoms with Crippen LogP contribution in [-0.4, -0.2) is 26.9 Å². The maximum absolute atomic E-state index is 5.66. The maximum Gasteiger partial charge on any atom is 0.119 e. The number of nitrogens with one attached hydrogen (secondary N) is 1. The van der Waals surface area contributed by atoms with Crippen molar-refractivity contribution in [1.82, 2.24) is 5.32 Å². The molecule has 2 aromatic carbocycles. The number of ether oxygens (including phenoxy) is 3. The van der Waals surface area contributed by atoms with Crippen LogP contribution in [0, 0.1) is 0 Å². The highest BCUT2D eigenvalue weighted by molar-refractivity contribution is 5.31. The second-order valence-electron chi connectivity index (χ2n) is 4.78. The largest absolute Gasteiger partial charge is 0.497 e. The highest BCUT2D eigenvalue weighted by Crippen LogP contribution is 2.16. The van der Waals surface area contributed by atoms with Gasteiger partial charge in [0, 0.05) is 13.1 Å². The standard InChI is InChI=1S/C18H23NO3/c1-3-21-17-6-4-15(5-7-17)14-19-12-13-22-18-10-8-16(20-2)9-11-18/h4-11,19H,3,12-14H2,1-2H3. The molecule has 0 aliphatic heterocycles. The number of hydrogen-bond acceptors (Lipinski definition) is 4. The van der Waals surface area contributed by atoms with Crippen LogP contribution in [0.15, 0.2) is 48.5 Å². The molecule has 118 valence electrons.